The summed E-state index contributed by atoms with van der Waals surface area (Å²) in [5, 5.41) is 3.42. The summed E-state index contributed by atoms with van der Waals surface area (Å²) >= 11 is 0. The predicted octanol–water partition coefficient (Wildman–Crippen LogP) is 3.98. The number of benzene rings is 1. The average molecular weight is 233 g/mol. The van der Waals surface area contributed by atoms with Gasteiger partial charge in [0.15, 0.2) is 5.78 Å². The molecular weight excluding hydrogens is 210 g/mol. The number of ketones is 1. The van der Waals surface area contributed by atoms with E-state index in [9.17, 15) is 4.79 Å². The Bertz CT molecular complexity index is 376. The van der Waals surface area contributed by atoms with Crippen LogP contribution < -0.4 is 5.32 Å². The van der Waals surface area contributed by atoms with Crippen LogP contribution in [0.1, 0.15) is 45.0 Å². The molecule has 0 atom stereocenters. The maximum Gasteiger partial charge on any atom is 0.159 e. The molecule has 0 saturated heterocycles. The van der Waals surface area contributed by atoms with Gasteiger partial charge in [0.1, 0.15) is 0 Å². The standard InChI is InChI=1S/C15H23NO/c1-11(2)15(4,5)10-16-14-8-6-13(7-9-14)12(3)17/h6-9,11,16H,10H2,1-5H3. The monoisotopic (exact) mass is 233 g/mol. The molecule has 0 saturated carbocycles. The van der Waals surface area contributed by atoms with Crippen molar-refractivity contribution in [3.8, 4) is 0 Å². The molecule has 0 aliphatic rings. The average Bonchev–Trinajstić information content (AvgIpc) is 2.27. The van der Waals surface area contributed by atoms with Gasteiger partial charge in [-0.15, -0.1) is 0 Å². The summed E-state index contributed by atoms with van der Waals surface area (Å²) < 4.78 is 0. The zero-order valence-corrected chi connectivity index (χ0v) is 11.5. The number of carbonyl (C=O) groups excluding carboxylic acids is 1. The van der Waals surface area contributed by atoms with Crippen molar-refractivity contribution in [1.29, 1.82) is 0 Å². The first-order valence-corrected chi connectivity index (χ1v) is 6.18. The molecule has 1 rings (SSSR count). The van der Waals surface area contributed by atoms with Gasteiger partial charge in [0.05, 0.1) is 0 Å². The highest BCUT2D eigenvalue weighted by atomic mass is 16.1. The SMILES string of the molecule is CC(=O)c1ccc(NCC(C)(C)C(C)C)cc1. The Balaban J connectivity index is 2.62. The Kier molecular flexibility index (Phi) is 4.33. The topological polar surface area (TPSA) is 29.1 Å². The van der Waals surface area contributed by atoms with Crippen molar-refractivity contribution in [3.05, 3.63) is 29.8 Å². The van der Waals surface area contributed by atoms with Crippen molar-refractivity contribution in [2.24, 2.45) is 11.3 Å². The van der Waals surface area contributed by atoms with Crippen LogP contribution in [0.4, 0.5) is 5.69 Å². The van der Waals surface area contributed by atoms with Crippen LogP contribution in [0.2, 0.25) is 0 Å². The highest BCUT2D eigenvalue weighted by Crippen LogP contribution is 2.26. The maximum absolute atomic E-state index is 11.1. The minimum atomic E-state index is 0.110. The van der Waals surface area contributed by atoms with E-state index in [4.69, 9.17) is 0 Å². The van der Waals surface area contributed by atoms with Crippen LogP contribution in [-0.4, -0.2) is 12.3 Å². The van der Waals surface area contributed by atoms with Crippen molar-refractivity contribution in [2.75, 3.05) is 11.9 Å². The van der Waals surface area contributed by atoms with Gasteiger partial charge >= 0.3 is 0 Å². The maximum atomic E-state index is 11.1. The fourth-order valence-corrected chi connectivity index (χ4v) is 1.36. The van der Waals surface area contributed by atoms with Crippen LogP contribution in [0, 0.1) is 11.3 Å². The summed E-state index contributed by atoms with van der Waals surface area (Å²) in [4.78, 5) is 11.1. The summed E-state index contributed by atoms with van der Waals surface area (Å²) in [5.41, 5.74) is 2.10. The highest BCUT2D eigenvalue weighted by Gasteiger charge is 2.21. The van der Waals surface area contributed by atoms with Crippen molar-refractivity contribution >= 4 is 11.5 Å². The van der Waals surface area contributed by atoms with E-state index in [-0.39, 0.29) is 11.2 Å². The van der Waals surface area contributed by atoms with E-state index in [1.807, 2.05) is 24.3 Å². The Labute approximate surface area is 104 Å². The third-order valence-electron chi connectivity index (χ3n) is 3.60. The number of Topliss-reactive ketones (excluding diaryl/α,β-unsaturated/α-hetero) is 1. The summed E-state index contributed by atoms with van der Waals surface area (Å²) in [6.45, 7) is 11.5. The van der Waals surface area contributed by atoms with Gasteiger partial charge in [-0.25, -0.2) is 0 Å². The van der Waals surface area contributed by atoms with E-state index in [1.54, 1.807) is 6.92 Å². The molecule has 1 aromatic rings. The Morgan fingerprint density at radius 3 is 2.18 bits per heavy atom. The molecule has 94 valence electrons. The molecule has 1 aromatic carbocycles. The normalized spacial score (nSPS) is 11.6. The second-order valence-corrected chi connectivity index (χ2v) is 5.63. The van der Waals surface area contributed by atoms with Gasteiger partial charge in [-0.3, -0.25) is 4.79 Å². The second-order valence-electron chi connectivity index (χ2n) is 5.63. The van der Waals surface area contributed by atoms with Gasteiger partial charge in [0.2, 0.25) is 0 Å². The highest BCUT2D eigenvalue weighted by molar-refractivity contribution is 5.94. The largest absolute Gasteiger partial charge is 0.384 e. The lowest BCUT2D eigenvalue weighted by molar-refractivity contribution is 0.101. The Hall–Kier alpha value is -1.31. The molecule has 2 heteroatoms. The van der Waals surface area contributed by atoms with Gasteiger partial charge in [0, 0.05) is 17.8 Å². The Morgan fingerprint density at radius 1 is 1.24 bits per heavy atom. The molecule has 0 aromatic heterocycles. The molecule has 0 aliphatic carbocycles. The minimum Gasteiger partial charge on any atom is -0.384 e. The van der Waals surface area contributed by atoms with Crippen molar-refractivity contribution in [1.82, 2.24) is 0 Å². The van der Waals surface area contributed by atoms with Crippen molar-refractivity contribution < 1.29 is 4.79 Å². The number of hydrogen-bond donors (Lipinski definition) is 1. The molecule has 2 nitrogen and oxygen atoms in total. The summed E-state index contributed by atoms with van der Waals surface area (Å²) in [6.07, 6.45) is 0. The minimum absolute atomic E-state index is 0.110. The molecule has 0 spiro atoms. The van der Waals surface area contributed by atoms with E-state index < -0.39 is 0 Å². The van der Waals surface area contributed by atoms with E-state index in [0.717, 1.165) is 17.8 Å². The van der Waals surface area contributed by atoms with Crippen LogP contribution >= 0.6 is 0 Å². The lowest BCUT2D eigenvalue weighted by Crippen LogP contribution is -2.28. The van der Waals surface area contributed by atoms with Gasteiger partial charge in [-0.2, -0.15) is 0 Å². The van der Waals surface area contributed by atoms with Crippen molar-refractivity contribution in [3.63, 3.8) is 0 Å². The number of rotatable bonds is 5. The van der Waals surface area contributed by atoms with Gasteiger partial charge < -0.3 is 5.32 Å². The van der Waals surface area contributed by atoms with E-state index in [0.29, 0.717) is 5.92 Å². The van der Waals surface area contributed by atoms with E-state index >= 15 is 0 Å². The molecular formula is C15H23NO. The molecule has 17 heavy (non-hydrogen) atoms. The van der Waals surface area contributed by atoms with Crippen LogP contribution in [0.25, 0.3) is 0 Å². The van der Waals surface area contributed by atoms with Crippen LogP contribution in [-0.2, 0) is 0 Å². The number of carbonyl (C=O) groups is 1. The molecule has 0 fully saturated rings. The molecule has 0 amide bonds. The van der Waals surface area contributed by atoms with Crippen LogP contribution in [0.5, 0.6) is 0 Å². The zero-order chi connectivity index (χ0) is 13.1. The van der Waals surface area contributed by atoms with Gasteiger partial charge in [-0.1, -0.05) is 27.7 Å². The predicted molar refractivity (Wildman–Crippen MR) is 73.6 cm³/mol. The zero-order valence-electron chi connectivity index (χ0n) is 11.5. The number of hydrogen-bond acceptors (Lipinski definition) is 2. The fourth-order valence-electron chi connectivity index (χ4n) is 1.36. The van der Waals surface area contributed by atoms with Crippen LogP contribution in [0.15, 0.2) is 24.3 Å². The lowest BCUT2D eigenvalue weighted by atomic mass is 9.81. The van der Waals surface area contributed by atoms with E-state index in [2.05, 4.69) is 33.0 Å². The Morgan fingerprint density at radius 2 is 1.76 bits per heavy atom. The molecule has 0 radical (unpaired) electrons. The molecule has 1 N–H and O–H groups in total. The number of anilines is 1. The second kappa shape index (κ2) is 5.35. The lowest BCUT2D eigenvalue weighted by Gasteiger charge is -2.29. The third kappa shape index (κ3) is 3.88. The first kappa shape index (κ1) is 13.8. The molecule has 0 aliphatic heterocycles. The summed E-state index contributed by atoms with van der Waals surface area (Å²) in [7, 11) is 0. The first-order chi connectivity index (χ1) is 7.83. The molecule has 0 bridgehead atoms. The molecule has 0 unspecified atom stereocenters. The van der Waals surface area contributed by atoms with Gasteiger partial charge in [0.25, 0.3) is 0 Å². The summed E-state index contributed by atoms with van der Waals surface area (Å²) in [5.74, 6) is 0.741. The third-order valence-corrected chi connectivity index (χ3v) is 3.60. The quantitative estimate of drug-likeness (QED) is 0.779. The smallest absolute Gasteiger partial charge is 0.159 e. The fraction of sp³-hybridized carbons (Fsp3) is 0.533. The molecule has 0 heterocycles. The summed E-state index contributed by atoms with van der Waals surface area (Å²) in [6, 6.07) is 7.67. The van der Waals surface area contributed by atoms with Crippen molar-refractivity contribution in [2.45, 2.75) is 34.6 Å². The van der Waals surface area contributed by atoms with Gasteiger partial charge in [-0.05, 0) is 42.5 Å². The number of nitrogens with one attached hydrogen (secondary N) is 1. The van der Waals surface area contributed by atoms with Crippen LogP contribution in [0.3, 0.4) is 0 Å². The first-order valence-electron chi connectivity index (χ1n) is 6.18. The van der Waals surface area contributed by atoms with E-state index in [1.165, 1.54) is 0 Å².